The van der Waals surface area contributed by atoms with E-state index in [0.717, 1.165) is 23.5 Å². The van der Waals surface area contributed by atoms with Gasteiger partial charge in [0.15, 0.2) is 6.40 Å². The molecule has 0 saturated carbocycles. The van der Waals surface area contributed by atoms with Crippen LogP contribution >= 0.6 is 18.1 Å². The molecule has 0 fully saturated rings. The van der Waals surface area contributed by atoms with E-state index in [9.17, 15) is 8.77 Å². The van der Waals surface area contributed by atoms with Gasteiger partial charge in [0, 0.05) is 22.9 Å². The quantitative estimate of drug-likeness (QED) is 0.288. The smallest absolute Gasteiger partial charge is 0.375 e. The summed E-state index contributed by atoms with van der Waals surface area (Å²) in [5.41, 5.74) is 0.674. The summed E-state index contributed by atoms with van der Waals surface area (Å²) in [5.74, 6) is 1.80. The van der Waals surface area contributed by atoms with Gasteiger partial charge in [0.25, 0.3) is 0 Å². The minimum absolute atomic E-state index is 0.382. The van der Waals surface area contributed by atoms with Crippen LogP contribution in [0.1, 0.15) is 40.5 Å². The zero-order valence-corrected chi connectivity index (χ0v) is 18.0. The van der Waals surface area contributed by atoms with Crippen molar-refractivity contribution in [3.05, 3.63) is 24.3 Å². The van der Waals surface area contributed by atoms with Crippen LogP contribution in [0.5, 0.6) is 0 Å². The minimum Gasteiger partial charge on any atom is -0.414 e. The molecule has 1 N–H and O–H groups in total. The average Bonchev–Trinajstić information content (AvgIpc) is 2.59. The van der Waals surface area contributed by atoms with Gasteiger partial charge in [0.2, 0.25) is 0 Å². The number of hydrogen-bond acceptors (Lipinski definition) is 5. The van der Waals surface area contributed by atoms with Gasteiger partial charge in [-0.3, -0.25) is 4.21 Å². The fourth-order valence-electron chi connectivity index (χ4n) is 1.75. The van der Waals surface area contributed by atoms with E-state index in [1.54, 1.807) is 24.3 Å². The van der Waals surface area contributed by atoms with E-state index in [1.807, 2.05) is 13.8 Å². The molecule has 142 valence electrons. The Morgan fingerprint density at radius 3 is 2.52 bits per heavy atom. The molecule has 0 aliphatic rings. The van der Waals surface area contributed by atoms with Crippen molar-refractivity contribution in [2.45, 2.75) is 45.4 Å². The average molecular weight is 405 g/mol. The Hall–Kier alpha value is -0.620. The molecule has 8 heteroatoms. The SMILES string of the molecule is CCCSP(=O)(NCC(C)C)OC=Nc1ccc(S(=O)CCC)cc1. The van der Waals surface area contributed by atoms with Gasteiger partial charge in [-0.1, -0.05) is 27.7 Å². The monoisotopic (exact) mass is 404 g/mol. The second kappa shape index (κ2) is 11.9. The summed E-state index contributed by atoms with van der Waals surface area (Å²) in [6, 6.07) is 7.19. The molecule has 0 heterocycles. The number of benzene rings is 1. The molecule has 0 spiro atoms. The normalized spacial score (nSPS) is 15.4. The molecule has 25 heavy (non-hydrogen) atoms. The van der Waals surface area contributed by atoms with Gasteiger partial charge >= 0.3 is 6.72 Å². The summed E-state index contributed by atoms with van der Waals surface area (Å²) in [4.78, 5) is 5.00. The van der Waals surface area contributed by atoms with E-state index in [0.29, 0.717) is 23.9 Å². The molecule has 0 aromatic heterocycles. The van der Waals surface area contributed by atoms with Gasteiger partial charge in [-0.2, -0.15) is 0 Å². The van der Waals surface area contributed by atoms with Crippen LogP contribution in [0.25, 0.3) is 0 Å². The number of hydrogen-bond donors (Lipinski definition) is 1. The molecule has 0 saturated heterocycles. The molecule has 0 bridgehead atoms. The fraction of sp³-hybridized carbons (Fsp3) is 0.588. The van der Waals surface area contributed by atoms with E-state index in [1.165, 1.54) is 17.8 Å². The molecule has 0 radical (unpaired) electrons. The third kappa shape index (κ3) is 9.04. The zero-order chi connectivity index (χ0) is 18.7. The van der Waals surface area contributed by atoms with Gasteiger partial charge in [-0.15, -0.1) is 0 Å². The molecule has 2 atom stereocenters. The van der Waals surface area contributed by atoms with Crippen molar-refractivity contribution in [3.8, 4) is 0 Å². The van der Waals surface area contributed by atoms with Crippen LogP contribution in [-0.2, 0) is 19.9 Å². The van der Waals surface area contributed by atoms with Gasteiger partial charge in [-0.25, -0.2) is 14.6 Å². The lowest BCUT2D eigenvalue weighted by Gasteiger charge is -2.18. The molecule has 1 aromatic rings. The Morgan fingerprint density at radius 2 is 1.96 bits per heavy atom. The fourth-order valence-corrected chi connectivity index (χ4v) is 6.27. The van der Waals surface area contributed by atoms with Crippen molar-refractivity contribution in [1.29, 1.82) is 0 Å². The van der Waals surface area contributed by atoms with E-state index in [4.69, 9.17) is 4.52 Å². The van der Waals surface area contributed by atoms with Crippen LogP contribution in [0, 0.1) is 5.92 Å². The maximum Gasteiger partial charge on any atom is 0.375 e. The Kier molecular flexibility index (Phi) is 10.7. The van der Waals surface area contributed by atoms with E-state index in [-0.39, 0.29) is 0 Å². The van der Waals surface area contributed by atoms with Gasteiger partial charge in [0.05, 0.1) is 16.5 Å². The van der Waals surface area contributed by atoms with Crippen LogP contribution in [0.2, 0.25) is 0 Å². The van der Waals surface area contributed by atoms with Crippen LogP contribution in [0.15, 0.2) is 34.2 Å². The van der Waals surface area contributed by atoms with Crippen LogP contribution in [0.4, 0.5) is 5.69 Å². The summed E-state index contributed by atoms with van der Waals surface area (Å²) in [7, 11) is -0.964. The number of rotatable bonds is 12. The Labute approximate surface area is 158 Å². The lowest BCUT2D eigenvalue weighted by Crippen LogP contribution is -2.16. The van der Waals surface area contributed by atoms with Crippen molar-refractivity contribution in [2.75, 3.05) is 18.1 Å². The van der Waals surface area contributed by atoms with Crippen molar-refractivity contribution in [1.82, 2.24) is 5.09 Å². The van der Waals surface area contributed by atoms with Crippen molar-refractivity contribution >= 4 is 41.0 Å². The zero-order valence-electron chi connectivity index (χ0n) is 15.4. The molecule has 0 aliphatic carbocycles. The highest BCUT2D eigenvalue weighted by atomic mass is 32.7. The minimum atomic E-state index is -2.99. The molecule has 1 aromatic carbocycles. The first kappa shape index (κ1) is 22.4. The summed E-state index contributed by atoms with van der Waals surface area (Å²) in [6.45, 7) is 5.79. The predicted octanol–water partition coefficient (Wildman–Crippen LogP) is 5.38. The summed E-state index contributed by atoms with van der Waals surface area (Å²) < 4.78 is 30.2. The van der Waals surface area contributed by atoms with Crippen molar-refractivity contribution in [3.63, 3.8) is 0 Å². The lowest BCUT2D eigenvalue weighted by molar-refractivity contribution is 0.482. The summed E-state index contributed by atoms with van der Waals surface area (Å²) in [5, 5.41) is 3.02. The largest absolute Gasteiger partial charge is 0.414 e. The summed E-state index contributed by atoms with van der Waals surface area (Å²) >= 11 is 1.30. The second-order valence-corrected chi connectivity index (χ2v) is 11.9. The molecular weight excluding hydrogens is 375 g/mol. The molecule has 2 unspecified atom stereocenters. The maximum absolute atomic E-state index is 12.8. The lowest BCUT2D eigenvalue weighted by atomic mass is 10.2. The van der Waals surface area contributed by atoms with E-state index < -0.39 is 17.5 Å². The summed E-state index contributed by atoms with van der Waals surface area (Å²) in [6.07, 6.45) is 3.05. The third-order valence-corrected chi connectivity index (χ3v) is 8.70. The van der Waals surface area contributed by atoms with Gasteiger partial charge in [-0.05, 0) is 54.4 Å². The molecule has 0 aliphatic heterocycles. The van der Waals surface area contributed by atoms with Crippen LogP contribution < -0.4 is 5.09 Å². The highest BCUT2D eigenvalue weighted by Gasteiger charge is 2.23. The van der Waals surface area contributed by atoms with Crippen LogP contribution in [0.3, 0.4) is 0 Å². The number of nitrogens with one attached hydrogen (secondary N) is 1. The van der Waals surface area contributed by atoms with E-state index in [2.05, 4.69) is 23.9 Å². The maximum atomic E-state index is 12.8. The van der Waals surface area contributed by atoms with Crippen molar-refractivity contribution in [2.24, 2.45) is 10.9 Å². The first-order chi connectivity index (χ1) is 11.9. The number of aliphatic imine (C=N–C) groups is 1. The molecule has 0 amide bonds. The second-order valence-electron chi connectivity index (χ2n) is 5.97. The third-order valence-electron chi connectivity index (χ3n) is 3.04. The first-order valence-corrected chi connectivity index (χ1v) is 13.1. The Bertz CT molecular complexity index is 606. The molecule has 1 rings (SSSR count). The first-order valence-electron chi connectivity index (χ1n) is 8.59. The number of nitrogens with zero attached hydrogens (tertiary/aromatic N) is 1. The Morgan fingerprint density at radius 1 is 1.28 bits per heavy atom. The van der Waals surface area contributed by atoms with Crippen molar-refractivity contribution < 1.29 is 13.3 Å². The molecular formula is C17H29N2O3PS2. The van der Waals surface area contributed by atoms with Crippen LogP contribution in [-0.4, -0.2) is 28.7 Å². The van der Waals surface area contributed by atoms with E-state index >= 15 is 0 Å². The highest BCUT2D eigenvalue weighted by molar-refractivity contribution is 8.56. The predicted molar refractivity (Wildman–Crippen MR) is 110 cm³/mol. The highest BCUT2D eigenvalue weighted by Crippen LogP contribution is 2.55. The standard InChI is InChI=1S/C17H29N2O3PS2/c1-5-11-24-23(20,19-13-15(3)4)22-14-18-16-7-9-17(10-8-16)25(21)12-6-2/h7-10,14-15H,5-6,11-13H2,1-4H3,(H,19,20). The van der Waals surface area contributed by atoms with Gasteiger partial charge in [0.1, 0.15) is 0 Å². The Balaban J connectivity index is 2.68. The molecule has 5 nitrogen and oxygen atoms in total. The van der Waals surface area contributed by atoms with Gasteiger partial charge < -0.3 is 4.52 Å². The topological polar surface area (TPSA) is 67.8 Å².